The van der Waals surface area contributed by atoms with E-state index in [2.05, 4.69) is 18.7 Å². The van der Waals surface area contributed by atoms with E-state index in [1.807, 2.05) is 18.7 Å². The fourth-order valence-electron chi connectivity index (χ4n) is 2.16. The summed E-state index contributed by atoms with van der Waals surface area (Å²) in [5.74, 6) is 0.354. The molecule has 0 aromatic carbocycles. The number of piperazine rings is 1. The lowest BCUT2D eigenvalue weighted by atomic mass is 10.0. The number of hydrogen-bond acceptors (Lipinski definition) is 3. The molecule has 0 aromatic rings. The van der Waals surface area contributed by atoms with Gasteiger partial charge in [-0.3, -0.25) is 14.5 Å². The Bertz CT molecular complexity index is 292. The summed E-state index contributed by atoms with van der Waals surface area (Å²) >= 11 is 0. The molecule has 0 atom stereocenters. The first kappa shape index (κ1) is 15.2. The Labute approximate surface area is 110 Å². The molecule has 4 heteroatoms. The van der Waals surface area contributed by atoms with E-state index in [0.29, 0.717) is 18.9 Å². The summed E-state index contributed by atoms with van der Waals surface area (Å²) in [4.78, 5) is 27.7. The molecule has 1 rings (SSSR count). The second-order valence-electron chi connectivity index (χ2n) is 5.63. The second kappa shape index (κ2) is 6.88. The predicted octanol–water partition coefficient (Wildman–Crippen LogP) is 1.54. The van der Waals surface area contributed by atoms with Gasteiger partial charge in [0.2, 0.25) is 5.91 Å². The summed E-state index contributed by atoms with van der Waals surface area (Å²) in [6.45, 7) is 11.6. The van der Waals surface area contributed by atoms with Crippen LogP contribution in [-0.2, 0) is 9.59 Å². The molecule has 0 bridgehead atoms. The van der Waals surface area contributed by atoms with Gasteiger partial charge in [0, 0.05) is 51.0 Å². The normalized spacial score (nSPS) is 17.6. The van der Waals surface area contributed by atoms with Crippen LogP contribution < -0.4 is 0 Å². The Morgan fingerprint density at radius 1 is 0.944 bits per heavy atom. The fourth-order valence-corrected chi connectivity index (χ4v) is 2.16. The molecule has 1 saturated heterocycles. The van der Waals surface area contributed by atoms with Crippen LogP contribution in [0.5, 0.6) is 0 Å². The van der Waals surface area contributed by atoms with Crippen molar-refractivity contribution >= 4 is 11.7 Å². The number of nitrogens with zero attached hydrogens (tertiary/aromatic N) is 2. The van der Waals surface area contributed by atoms with Gasteiger partial charge >= 0.3 is 0 Å². The molecule has 1 heterocycles. The van der Waals surface area contributed by atoms with Gasteiger partial charge in [-0.25, -0.2) is 0 Å². The lowest BCUT2D eigenvalue weighted by molar-refractivity contribution is -0.135. The molecule has 0 unspecified atom stereocenters. The average molecular weight is 254 g/mol. The van der Waals surface area contributed by atoms with Crippen molar-refractivity contribution in [3.63, 3.8) is 0 Å². The van der Waals surface area contributed by atoms with Gasteiger partial charge in [0.15, 0.2) is 0 Å². The maximum Gasteiger partial charge on any atom is 0.223 e. The van der Waals surface area contributed by atoms with Crippen molar-refractivity contribution in [2.24, 2.45) is 5.92 Å². The van der Waals surface area contributed by atoms with Crippen LogP contribution in [0.4, 0.5) is 0 Å². The van der Waals surface area contributed by atoms with Crippen LogP contribution in [0, 0.1) is 5.92 Å². The molecule has 0 aromatic heterocycles. The Kier molecular flexibility index (Phi) is 5.79. The molecule has 0 radical (unpaired) electrons. The quantitative estimate of drug-likeness (QED) is 0.747. The zero-order valence-corrected chi connectivity index (χ0v) is 12.1. The molecule has 1 aliphatic rings. The van der Waals surface area contributed by atoms with Gasteiger partial charge in [-0.1, -0.05) is 13.8 Å². The van der Waals surface area contributed by atoms with Crippen molar-refractivity contribution in [3.8, 4) is 0 Å². The molecule has 1 amide bonds. The Morgan fingerprint density at radius 2 is 1.50 bits per heavy atom. The first-order valence-corrected chi connectivity index (χ1v) is 6.96. The van der Waals surface area contributed by atoms with E-state index < -0.39 is 0 Å². The number of carbonyl (C=O) groups excluding carboxylic acids is 2. The van der Waals surface area contributed by atoms with Crippen LogP contribution in [0.15, 0.2) is 0 Å². The van der Waals surface area contributed by atoms with Crippen LogP contribution >= 0.6 is 0 Å². The average Bonchev–Trinajstić information content (AvgIpc) is 2.35. The highest BCUT2D eigenvalue weighted by atomic mass is 16.2. The number of Topliss-reactive ketones (excluding diaryl/α,β-unsaturated/α-hetero) is 1. The third kappa shape index (κ3) is 4.41. The lowest BCUT2D eigenvalue weighted by Crippen LogP contribution is -2.50. The van der Waals surface area contributed by atoms with Crippen molar-refractivity contribution in [1.82, 2.24) is 9.80 Å². The Balaban J connectivity index is 2.30. The summed E-state index contributed by atoms with van der Waals surface area (Å²) < 4.78 is 0. The zero-order chi connectivity index (χ0) is 13.7. The van der Waals surface area contributed by atoms with Crippen molar-refractivity contribution < 1.29 is 9.59 Å². The van der Waals surface area contributed by atoms with Gasteiger partial charge in [-0.15, -0.1) is 0 Å². The fraction of sp³-hybridized carbons (Fsp3) is 0.857. The highest BCUT2D eigenvalue weighted by Gasteiger charge is 2.22. The largest absolute Gasteiger partial charge is 0.340 e. The predicted molar refractivity (Wildman–Crippen MR) is 72.4 cm³/mol. The third-order valence-corrected chi connectivity index (χ3v) is 3.63. The molecule has 0 aliphatic carbocycles. The summed E-state index contributed by atoms with van der Waals surface area (Å²) in [6.07, 6.45) is 0.763. The van der Waals surface area contributed by atoms with Gasteiger partial charge in [0.1, 0.15) is 5.78 Å². The Hall–Kier alpha value is -0.900. The van der Waals surface area contributed by atoms with Crippen molar-refractivity contribution in [2.75, 3.05) is 26.2 Å². The van der Waals surface area contributed by atoms with Crippen LogP contribution in [-0.4, -0.2) is 53.7 Å². The first-order valence-electron chi connectivity index (χ1n) is 6.96. The molecule has 0 N–H and O–H groups in total. The van der Waals surface area contributed by atoms with Crippen LogP contribution in [0.25, 0.3) is 0 Å². The van der Waals surface area contributed by atoms with E-state index in [-0.39, 0.29) is 17.6 Å². The van der Waals surface area contributed by atoms with E-state index in [4.69, 9.17) is 0 Å². The van der Waals surface area contributed by atoms with Gasteiger partial charge in [0.25, 0.3) is 0 Å². The summed E-state index contributed by atoms with van der Waals surface area (Å²) in [6, 6.07) is 0.546. The smallest absolute Gasteiger partial charge is 0.223 e. The number of amides is 1. The molecular formula is C14H26N2O2. The zero-order valence-electron chi connectivity index (χ0n) is 12.1. The van der Waals surface area contributed by atoms with E-state index in [0.717, 1.165) is 26.2 Å². The Morgan fingerprint density at radius 3 is 1.94 bits per heavy atom. The summed E-state index contributed by atoms with van der Waals surface area (Å²) in [5, 5.41) is 0. The number of hydrogen-bond donors (Lipinski definition) is 0. The minimum atomic E-state index is 0.0376. The van der Waals surface area contributed by atoms with Crippen molar-refractivity contribution in [1.29, 1.82) is 0 Å². The third-order valence-electron chi connectivity index (χ3n) is 3.63. The number of ketones is 1. The van der Waals surface area contributed by atoms with E-state index in [1.165, 1.54) is 0 Å². The van der Waals surface area contributed by atoms with Crippen LogP contribution in [0.1, 0.15) is 40.5 Å². The highest BCUT2D eigenvalue weighted by Crippen LogP contribution is 2.09. The first-order chi connectivity index (χ1) is 8.41. The molecule has 104 valence electrons. The minimum Gasteiger partial charge on any atom is -0.340 e. The SMILES string of the molecule is CC(C)C(=O)CCC(=O)N1CCN(C(C)C)CC1. The van der Waals surface area contributed by atoms with Crippen molar-refractivity contribution in [2.45, 2.75) is 46.6 Å². The van der Waals surface area contributed by atoms with Gasteiger partial charge in [-0.05, 0) is 13.8 Å². The van der Waals surface area contributed by atoms with Gasteiger partial charge in [-0.2, -0.15) is 0 Å². The molecule has 1 fully saturated rings. The lowest BCUT2D eigenvalue weighted by Gasteiger charge is -2.37. The topological polar surface area (TPSA) is 40.6 Å². The molecule has 0 spiro atoms. The van der Waals surface area contributed by atoms with E-state index >= 15 is 0 Å². The second-order valence-corrected chi connectivity index (χ2v) is 5.63. The summed E-state index contributed by atoms with van der Waals surface area (Å²) in [5.41, 5.74) is 0. The van der Waals surface area contributed by atoms with Gasteiger partial charge in [0.05, 0.1) is 0 Å². The van der Waals surface area contributed by atoms with E-state index in [1.54, 1.807) is 0 Å². The molecule has 18 heavy (non-hydrogen) atoms. The molecule has 1 aliphatic heterocycles. The minimum absolute atomic E-state index is 0.0376. The van der Waals surface area contributed by atoms with Crippen LogP contribution in [0.3, 0.4) is 0 Å². The monoisotopic (exact) mass is 254 g/mol. The molecule has 4 nitrogen and oxygen atoms in total. The molecular weight excluding hydrogens is 228 g/mol. The van der Waals surface area contributed by atoms with Crippen LogP contribution in [0.2, 0.25) is 0 Å². The summed E-state index contributed by atoms with van der Waals surface area (Å²) in [7, 11) is 0. The highest BCUT2D eigenvalue weighted by molar-refractivity contribution is 5.86. The molecule has 0 saturated carbocycles. The number of carbonyl (C=O) groups is 2. The van der Waals surface area contributed by atoms with Crippen molar-refractivity contribution in [3.05, 3.63) is 0 Å². The standard InChI is InChI=1S/C14H26N2O2/c1-11(2)13(17)5-6-14(18)16-9-7-15(8-10-16)12(3)4/h11-12H,5-10H2,1-4H3. The van der Waals surface area contributed by atoms with Gasteiger partial charge < -0.3 is 4.90 Å². The number of rotatable bonds is 5. The maximum absolute atomic E-state index is 12.0. The van der Waals surface area contributed by atoms with E-state index in [9.17, 15) is 9.59 Å². The maximum atomic E-state index is 12.0.